The fourth-order valence-corrected chi connectivity index (χ4v) is 1.72. The zero-order valence-corrected chi connectivity index (χ0v) is 11.6. The molecule has 2 aromatic rings. The van der Waals surface area contributed by atoms with Crippen molar-refractivity contribution >= 4 is 11.4 Å². The predicted octanol–water partition coefficient (Wildman–Crippen LogP) is 2.42. The number of nitrogens with zero attached hydrogens (tertiary/aromatic N) is 3. The number of rotatable bonds is 8. The molecular weight excluding hydrogens is 276 g/mol. The average Bonchev–Trinajstić information content (AvgIpc) is 2.98. The molecule has 0 bridgehead atoms. The first-order chi connectivity index (χ1) is 10.2. The molecule has 2 rings (SSSR count). The first-order valence-electron chi connectivity index (χ1n) is 6.61. The van der Waals surface area contributed by atoms with Crippen LogP contribution >= 0.6 is 0 Å². The van der Waals surface area contributed by atoms with Crippen molar-refractivity contribution in [2.24, 2.45) is 0 Å². The Balaban J connectivity index is 2.00. The van der Waals surface area contributed by atoms with E-state index in [0.717, 1.165) is 12.1 Å². The smallest absolute Gasteiger partial charge is 0.311 e. The molecule has 0 unspecified atom stereocenters. The van der Waals surface area contributed by atoms with Gasteiger partial charge in [-0.3, -0.25) is 10.1 Å². The zero-order chi connectivity index (χ0) is 15.1. The summed E-state index contributed by atoms with van der Waals surface area (Å²) in [7, 11) is 0. The lowest BCUT2D eigenvalue weighted by Crippen LogP contribution is -2.06. The molecule has 0 aliphatic rings. The summed E-state index contributed by atoms with van der Waals surface area (Å²) in [5, 5.41) is 17.6. The van der Waals surface area contributed by atoms with Crippen molar-refractivity contribution in [3.63, 3.8) is 0 Å². The highest BCUT2D eigenvalue weighted by Crippen LogP contribution is 2.30. The van der Waals surface area contributed by atoms with Crippen LogP contribution in [0.3, 0.4) is 0 Å². The van der Waals surface area contributed by atoms with E-state index in [0.29, 0.717) is 25.5 Å². The molecule has 0 radical (unpaired) electrons. The Hall–Kier alpha value is -2.64. The van der Waals surface area contributed by atoms with E-state index in [2.05, 4.69) is 15.5 Å². The van der Waals surface area contributed by atoms with Gasteiger partial charge in [-0.1, -0.05) is 12.1 Å². The highest BCUT2D eigenvalue weighted by Gasteiger charge is 2.15. The van der Waals surface area contributed by atoms with Crippen LogP contribution in [0.2, 0.25) is 0 Å². The molecule has 21 heavy (non-hydrogen) atoms. The Morgan fingerprint density at radius 3 is 3.00 bits per heavy atom. The molecule has 0 aliphatic carbocycles. The Kier molecular flexibility index (Phi) is 5.08. The van der Waals surface area contributed by atoms with Crippen molar-refractivity contribution in [2.45, 2.75) is 19.8 Å². The molecule has 1 N–H and O–H groups in total. The third-order valence-electron chi connectivity index (χ3n) is 2.69. The van der Waals surface area contributed by atoms with Crippen molar-refractivity contribution in [3.05, 3.63) is 40.5 Å². The van der Waals surface area contributed by atoms with Gasteiger partial charge in [-0.25, -0.2) is 0 Å². The van der Waals surface area contributed by atoms with E-state index in [1.165, 1.54) is 12.4 Å². The minimum atomic E-state index is -0.451. The number of aromatic nitrogens is 2. The van der Waals surface area contributed by atoms with E-state index < -0.39 is 4.92 Å². The first-order valence-corrected chi connectivity index (χ1v) is 6.61. The number of nitro benzene ring substituents is 1. The SMILES string of the molecule is CCCOc1cc(NCCc2ncno2)ccc1[N+](=O)[O-]. The molecule has 0 amide bonds. The lowest BCUT2D eigenvalue weighted by atomic mass is 10.2. The minimum absolute atomic E-state index is 0.0362. The molecule has 0 aliphatic heterocycles. The maximum absolute atomic E-state index is 10.9. The standard InChI is InChI=1S/C13H16N4O4/c1-2-7-20-12-8-10(3-4-11(12)17(18)19)14-6-5-13-15-9-16-21-13/h3-4,8-9,14H,2,5-7H2,1H3. The maximum Gasteiger partial charge on any atom is 0.311 e. The molecule has 1 aromatic heterocycles. The average molecular weight is 292 g/mol. The topological polar surface area (TPSA) is 103 Å². The van der Waals surface area contributed by atoms with Gasteiger partial charge in [0.2, 0.25) is 5.89 Å². The summed E-state index contributed by atoms with van der Waals surface area (Å²) >= 11 is 0. The number of hydrogen-bond acceptors (Lipinski definition) is 7. The summed E-state index contributed by atoms with van der Waals surface area (Å²) in [6.45, 7) is 2.96. The van der Waals surface area contributed by atoms with Gasteiger partial charge >= 0.3 is 5.69 Å². The zero-order valence-electron chi connectivity index (χ0n) is 11.6. The summed E-state index contributed by atoms with van der Waals surface area (Å²) in [4.78, 5) is 14.4. The van der Waals surface area contributed by atoms with Crippen LogP contribution in [0.5, 0.6) is 5.75 Å². The maximum atomic E-state index is 10.9. The van der Waals surface area contributed by atoms with Gasteiger partial charge in [0.15, 0.2) is 12.1 Å². The second-order valence-corrected chi connectivity index (χ2v) is 4.30. The first kappa shape index (κ1) is 14.8. The predicted molar refractivity (Wildman–Crippen MR) is 75.4 cm³/mol. The highest BCUT2D eigenvalue weighted by atomic mass is 16.6. The Labute approximate surface area is 121 Å². The van der Waals surface area contributed by atoms with Crippen LogP contribution in [0.4, 0.5) is 11.4 Å². The van der Waals surface area contributed by atoms with Gasteiger partial charge in [0, 0.05) is 30.8 Å². The third kappa shape index (κ3) is 4.16. The summed E-state index contributed by atoms with van der Waals surface area (Å²) in [5.41, 5.74) is 0.706. The van der Waals surface area contributed by atoms with E-state index in [1.54, 1.807) is 12.1 Å². The second-order valence-electron chi connectivity index (χ2n) is 4.30. The fraction of sp³-hybridized carbons (Fsp3) is 0.385. The quantitative estimate of drug-likeness (QED) is 0.588. The monoisotopic (exact) mass is 292 g/mol. The van der Waals surface area contributed by atoms with E-state index in [9.17, 15) is 10.1 Å². The largest absolute Gasteiger partial charge is 0.487 e. The van der Waals surface area contributed by atoms with Crippen molar-refractivity contribution in [1.29, 1.82) is 0 Å². The van der Waals surface area contributed by atoms with Gasteiger partial charge in [0.25, 0.3) is 0 Å². The van der Waals surface area contributed by atoms with Gasteiger partial charge in [0.1, 0.15) is 0 Å². The molecule has 0 saturated heterocycles. The molecule has 1 aromatic carbocycles. The number of hydrogen-bond donors (Lipinski definition) is 1. The van der Waals surface area contributed by atoms with Gasteiger partial charge in [-0.2, -0.15) is 4.98 Å². The van der Waals surface area contributed by atoms with Crippen LogP contribution in [-0.2, 0) is 6.42 Å². The molecular formula is C13H16N4O4. The van der Waals surface area contributed by atoms with Crippen molar-refractivity contribution in [3.8, 4) is 5.75 Å². The van der Waals surface area contributed by atoms with Gasteiger partial charge in [0.05, 0.1) is 11.5 Å². The highest BCUT2D eigenvalue weighted by molar-refractivity contribution is 5.58. The summed E-state index contributed by atoms with van der Waals surface area (Å²) in [6, 6.07) is 4.70. The Bertz CT molecular complexity index is 586. The van der Waals surface area contributed by atoms with Gasteiger partial charge < -0.3 is 14.6 Å². The number of ether oxygens (including phenoxy) is 1. The van der Waals surface area contributed by atoms with Crippen LogP contribution in [0, 0.1) is 10.1 Å². The number of nitro groups is 1. The second kappa shape index (κ2) is 7.22. The van der Waals surface area contributed by atoms with Crippen LogP contribution < -0.4 is 10.1 Å². The lowest BCUT2D eigenvalue weighted by Gasteiger charge is -2.09. The fourth-order valence-electron chi connectivity index (χ4n) is 1.72. The van der Waals surface area contributed by atoms with Crippen molar-refractivity contribution in [2.75, 3.05) is 18.5 Å². The molecule has 0 fully saturated rings. The molecule has 0 saturated carbocycles. The lowest BCUT2D eigenvalue weighted by molar-refractivity contribution is -0.385. The number of anilines is 1. The minimum Gasteiger partial charge on any atom is -0.487 e. The van der Waals surface area contributed by atoms with Crippen LogP contribution in [0.15, 0.2) is 29.0 Å². The number of nitrogens with one attached hydrogen (secondary N) is 1. The van der Waals surface area contributed by atoms with Crippen LogP contribution in [0.25, 0.3) is 0 Å². The third-order valence-corrected chi connectivity index (χ3v) is 2.69. The molecule has 0 spiro atoms. The van der Waals surface area contributed by atoms with Crippen molar-refractivity contribution in [1.82, 2.24) is 10.1 Å². The molecule has 0 atom stereocenters. The molecule has 1 heterocycles. The van der Waals surface area contributed by atoms with E-state index >= 15 is 0 Å². The van der Waals surface area contributed by atoms with Crippen molar-refractivity contribution < 1.29 is 14.2 Å². The van der Waals surface area contributed by atoms with E-state index in [4.69, 9.17) is 9.26 Å². The van der Waals surface area contributed by atoms with Gasteiger partial charge in [-0.15, -0.1) is 0 Å². The Morgan fingerprint density at radius 2 is 2.33 bits per heavy atom. The van der Waals surface area contributed by atoms with E-state index in [1.807, 2.05) is 6.92 Å². The van der Waals surface area contributed by atoms with E-state index in [-0.39, 0.29) is 11.4 Å². The van der Waals surface area contributed by atoms with Crippen LogP contribution in [-0.4, -0.2) is 28.2 Å². The summed E-state index contributed by atoms with van der Waals surface area (Å²) < 4.78 is 10.3. The molecule has 112 valence electrons. The summed E-state index contributed by atoms with van der Waals surface area (Å²) in [5.74, 6) is 0.802. The van der Waals surface area contributed by atoms with Gasteiger partial charge in [-0.05, 0) is 12.5 Å². The normalized spacial score (nSPS) is 10.3. The Morgan fingerprint density at radius 1 is 1.48 bits per heavy atom. The van der Waals surface area contributed by atoms with Crippen LogP contribution in [0.1, 0.15) is 19.2 Å². The molecule has 8 heteroatoms. The summed E-state index contributed by atoms with van der Waals surface area (Å²) in [6.07, 6.45) is 2.70. The number of benzene rings is 1. The molecule has 8 nitrogen and oxygen atoms in total.